The number of ether oxygens (including phenoxy) is 2. The quantitative estimate of drug-likeness (QED) is 0.317. The van der Waals surface area contributed by atoms with Crippen molar-refractivity contribution in [2.75, 3.05) is 20.3 Å². The monoisotopic (exact) mass is 330 g/mol. The van der Waals surface area contributed by atoms with E-state index in [1.54, 1.807) is 12.1 Å². The van der Waals surface area contributed by atoms with Crippen molar-refractivity contribution in [1.82, 2.24) is 0 Å². The lowest BCUT2D eigenvalue weighted by Crippen LogP contribution is -2.11. The van der Waals surface area contributed by atoms with Crippen LogP contribution in [0.15, 0.2) is 48.2 Å². The van der Waals surface area contributed by atoms with Crippen molar-refractivity contribution in [3.05, 3.63) is 76.3 Å². The first-order valence-corrected chi connectivity index (χ1v) is 7.64. The van der Waals surface area contributed by atoms with Gasteiger partial charge < -0.3 is 9.47 Å². The van der Waals surface area contributed by atoms with E-state index in [1.807, 2.05) is 36.4 Å². The van der Waals surface area contributed by atoms with E-state index in [-0.39, 0.29) is 12.3 Å². The third-order valence-electron chi connectivity index (χ3n) is 3.99. The number of nitriles is 1. The zero-order chi connectivity index (χ0) is 17.8. The fourth-order valence-corrected chi connectivity index (χ4v) is 2.97. The van der Waals surface area contributed by atoms with E-state index in [0.29, 0.717) is 28.9 Å². The number of carbonyl (C=O) groups is 1. The zero-order valence-electron chi connectivity index (χ0n) is 13.6. The van der Waals surface area contributed by atoms with Crippen LogP contribution < -0.4 is 0 Å². The van der Waals surface area contributed by atoms with Gasteiger partial charge in [-0.1, -0.05) is 36.4 Å². The lowest BCUT2D eigenvalue weighted by Gasteiger charge is -2.09. The third kappa shape index (κ3) is 2.78. The molecule has 122 valence electrons. The summed E-state index contributed by atoms with van der Waals surface area (Å²) in [5.41, 5.74) is 4.00. The van der Waals surface area contributed by atoms with E-state index in [9.17, 15) is 10.1 Å². The van der Waals surface area contributed by atoms with Gasteiger partial charge in [-0.05, 0) is 22.8 Å². The van der Waals surface area contributed by atoms with Gasteiger partial charge in [0.05, 0.1) is 24.8 Å². The van der Waals surface area contributed by atoms with Crippen molar-refractivity contribution >= 4 is 11.5 Å². The number of esters is 1. The highest BCUT2D eigenvalue weighted by molar-refractivity contribution is 6.10. The minimum Gasteiger partial charge on any atom is -0.460 e. The van der Waals surface area contributed by atoms with Gasteiger partial charge in [-0.15, -0.1) is 0 Å². The van der Waals surface area contributed by atoms with Crippen molar-refractivity contribution < 1.29 is 14.3 Å². The Morgan fingerprint density at radius 3 is 2.52 bits per heavy atom. The van der Waals surface area contributed by atoms with Gasteiger partial charge in [0.15, 0.2) is 0 Å². The van der Waals surface area contributed by atoms with E-state index in [4.69, 9.17) is 16.0 Å². The van der Waals surface area contributed by atoms with Crippen molar-refractivity contribution in [2.45, 2.75) is 0 Å². The number of methoxy groups -OCH3 is 1. The van der Waals surface area contributed by atoms with Gasteiger partial charge >= 0.3 is 5.97 Å². The molecule has 5 heteroatoms. The van der Waals surface area contributed by atoms with Crippen LogP contribution in [0.1, 0.15) is 21.5 Å². The number of benzene rings is 2. The van der Waals surface area contributed by atoms with E-state index >= 15 is 0 Å². The average molecular weight is 330 g/mol. The molecule has 0 saturated carbocycles. The summed E-state index contributed by atoms with van der Waals surface area (Å²) in [7, 11) is 1.54. The first kappa shape index (κ1) is 16.4. The first-order chi connectivity index (χ1) is 12.2. The van der Waals surface area contributed by atoms with Gasteiger partial charge in [0.2, 0.25) is 0 Å². The van der Waals surface area contributed by atoms with E-state index < -0.39 is 5.97 Å². The van der Waals surface area contributed by atoms with E-state index in [0.717, 1.165) is 11.1 Å². The summed E-state index contributed by atoms with van der Waals surface area (Å²) in [4.78, 5) is 15.8. The molecule has 3 rings (SSSR count). The molecular weight excluding hydrogens is 316 g/mol. The Kier molecular flexibility index (Phi) is 4.61. The van der Waals surface area contributed by atoms with Crippen molar-refractivity contribution in [1.29, 1.82) is 5.26 Å². The van der Waals surface area contributed by atoms with Gasteiger partial charge in [0, 0.05) is 18.2 Å². The van der Waals surface area contributed by atoms with Crippen LogP contribution in [0.3, 0.4) is 0 Å². The highest BCUT2D eigenvalue weighted by Gasteiger charge is 2.30. The second-order valence-corrected chi connectivity index (χ2v) is 5.35. The predicted molar refractivity (Wildman–Crippen MR) is 92.3 cm³/mol. The van der Waals surface area contributed by atoms with Crippen LogP contribution in [0.4, 0.5) is 0 Å². The minimum atomic E-state index is -0.453. The molecule has 0 saturated heterocycles. The Hall–Kier alpha value is -3.41. The molecule has 2 aromatic rings. The molecule has 0 bridgehead atoms. The van der Waals surface area contributed by atoms with Crippen LogP contribution >= 0.6 is 0 Å². The zero-order valence-corrected chi connectivity index (χ0v) is 13.6. The van der Waals surface area contributed by atoms with Gasteiger partial charge in [-0.3, -0.25) is 0 Å². The van der Waals surface area contributed by atoms with Crippen LogP contribution in [0.25, 0.3) is 21.5 Å². The van der Waals surface area contributed by atoms with Gasteiger partial charge in [-0.2, -0.15) is 0 Å². The molecule has 0 atom stereocenters. The molecule has 2 aromatic carbocycles. The maximum atomic E-state index is 12.5. The molecule has 0 fully saturated rings. The molecule has 0 heterocycles. The maximum absolute atomic E-state index is 12.5. The summed E-state index contributed by atoms with van der Waals surface area (Å²) in [6.45, 7) is 7.78. The lowest BCUT2D eigenvalue weighted by molar-refractivity contribution is 0.0389. The second kappa shape index (κ2) is 7.00. The van der Waals surface area contributed by atoms with Crippen LogP contribution in [-0.4, -0.2) is 26.3 Å². The molecule has 0 aromatic heterocycles. The van der Waals surface area contributed by atoms with Crippen molar-refractivity contribution in [2.24, 2.45) is 0 Å². The molecule has 0 aliphatic heterocycles. The molecule has 0 radical (unpaired) electrons. The number of hydrogen-bond acceptors (Lipinski definition) is 4. The number of carbonyl (C=O) groups excluding carboxylic acids is 1. The minimum absolute atomic E-state index is 0.0103. The molecule has 0 spiro atoms. The van der Waals surface area contributed by atoms with Crippen LogP contribution in [0.5, 0.6) is 0 Å². The Bertz CT molecular complexity index is 946. The highest BCUT2D eigenvalue weighted by atomic mass is 16.6. The maximum Gasteiger partial charge on any atom is 0.338 e. The largest absolute Gasteiger partial charge is 0.460 e. The van der Waals surface area contributed by atoms with Gasteiger partial charge in [-0.25, -0.2) is 14.9 Å². The standard InChI is InChI=1S/C20H14N2O3/c1-22-17(12-21)19-14-7-4-3-6-13(14)18-15(19)8-5-9-16(18)20(23)25-11-10-24-2/h3-9H,10-11H2,2H3/b19-17+. The highest BCUT2D eigenvalue weighted by Crippen LogP contribution is 2.47. The summed E-state index contributed by atoms with van der Waals surface area (Å²) in [5, 5.41) is 9.33. The molecule has 0 unspecified atom stereocenters. The summed E-state index contributed by atoms with van der Waals surface area (Å²) < 4.78 is 10.2. The summed E-state index contributed by atoms with van der Waals surface area (Å²) in [5.74, 6) is -0.453. The van der Waals surface area contributed by atoms with Crippen LogP contribution in [0.2, 0.25) is 0 Å². The van der Waals surface area contributed by atoms with Crippen LogP contribution in [-0.2, 0) is 9.47 Å². The van der Waals surface area contributed by atoms with Crippen molar-refractivity contribution in [3.63, 3.8) is 0 Å². The topological polar surface area (TPSA) is 63.7 Å². The molecular formula is C20H14N2O3. The normalized spacial score (nSPS) is 13.2. The van der Waals surface area contributed by atoms with Crippen molar-refractivity contribution in [3.8, 4) is 17.2 Å². The number of rotatable bonds is 4. The van der Waals surface area contributed by atoms with E-state index in [2.05, 4.69) is 4.85 Å². The summed E-state index contributed by atoms with van der Waals surface area (Å²) >= 11 is 0. The Balaban J connectivity index is 2.21. The SMILES string of the molecule is [C-]#[N+]/C(C#N)=C1\c2ccccc2-c2c(C(=O)OCCOC)cccc21. The molecule has 5 nitrogen and oxygen atoms in total. The Labute approximate surface area is 145 Å². The molecule has 0 amide bonds. The fraction of sp³-hybridized carbons (Fsp3) is 0.150. The smallest absolute Gasteiger partial charge is 0.338 e. The van der Waals surface area contributed by atoms with E-state index in [1.165, 1.54) is 7.11 Å². The first-order valence-electron chi connectivity index (χ1n) is 7.64. The lowest BCUT2D eigenvalue weighted by atomic mass is 9.99. The number of nitrogens with zero attached hydrogens (tertiary/aromatic N) is 2. The molecule has 25 heavy (non-hydrogen) atoms. The average Bonchev–Trinajstić information content (AvgIpc) is 2.98. The number of fused-ring (bicyclic) bond motifs is 3. The molecule has 1 aliphatic carbocycles. The number of hydrogen-bond donors (Lipinski definition) is 0. The molecule has 1 aliphatic rings. The Morgan fingerprint density at radius 1 is 1.12 bits per heavy atom. The number of allylic oxidation sites excluding steroid dienone is 1. The van der Waals surface area contributed by atoms with Crippen LogP contribution in [0, 0.1) is 17.9 Å². The fourth-order valence-electron chi connectivity index (χ4n) is 2.97. The van der Waals surface area contributed by atoms with Gasteiger partial charge in [0.1, 0.15) is 6.61 Å². The predicted octanol–water partition coefficient (Wildman–Crippen LogP) is 3.67. The summed E-state index contributed by atoms with van der Waals surface area (Å²) in [6.07, 6.45) is 0. The third-order valence-corrected chi connectivity index (χ3v) is 3.99. The Morgan fingerprint density at radius 2 is 1.84 bits per heavy atom. The second-order valence-electron chi connectivity index (χ2n) is 5.35. The molecule has 0 N–H and O–H groups in total. The van der Waals surface area contributed by atoms with Gasteiger partial charge in [0.25, 0.3) is 5.70 Å². The summed E-state index contributed by atoms with van der Waals surface area (Å²) in [6, 6.07) is 14.6.